The van der Waals surface area contributed by atoms with E-state index in [0.29, 0.717) is 6.54 Å². The van der Waals surface area contributed by atoms with Gasteiger partial charge in [0.2, 0.25) is 5.91 Å². The molecule has 0 bridgehead atoms. The second kappa shape index (κ2) is 7.34. The summed E-state index contributed by atoms with van der Waals surface area (Å²) in [6.45, 7) is 4.26. The van der Waals surface area contributed by atoms with Gasteiger partial charge >= 0.3 is 0 Å². The van der Waals surface area contributed by atoms with Gasteiger partial charge in [-0.3, -0.25) is 4.79 Å². The number of hydrogen-bond donors (Lipinski definition) is 0. The third-order valence-electron chi connectivity index (χ3n) is 4.47. The Morgan fingerprint density at radius 2 is 1.52 bits per heavy atom. The molecule has 3 rings (SSSR count). The third kappa shape index (κ3) is 3.63. The SMILES string of the molecule is Cc1noc(C)c1CN(C)C(=O)C(c1ccccc1)c1ccccc1. The summed E-state index contributed by atoms with van der Waals surface area (Å²) in [6.07, 6.45) is 0. The van der Waals surface area contributed by atoms with Gasteiger partial charge in [-0.2, -0.15) is 0 Å². The molecule has 3 aromatic rings. The van der Waals surface area contributed by atoms with Crippen molar-refractivity contribution < 1.29 is 9.32 Å². The Labute approximate surface area is 148 Å². The maximum absolute atomic E-state index is 13.3. The van der Waals surface area contributed by atoms with E-state index in [1.807, 2.05) is 81.6 Å². The molecule has 1 aromatic heterocycles. The van der Waals surface area contributed by atoms with Crippen LogP contribution in [-0.4, -0.2) is 23.0 Å². The molecule has 1 heterocycles. The van der Waals surface area contributed by atoms with E-state index in [0.717, 1.165) is 28.1 Å². The molecule has 0 aliphatic carbocycles. The molecule has 0 aliphatic rings. The third-order valence-corrected chi connectivity index (χ3v) is 4.47. The number of aryl methyl sites for hydroxylation is 2. The minimum Gasteiger partial charge on any atom is -0.361 e. The van der Waals surface area contributed by atoms with Crippen molar-refractivity contribution in [1.82, 2.24) is 10.1 Å². The van der Waals surface area contributed by atoms with Crippen molar-refractivity contribution in [3.05, 3.63) is 88.8 Å². The van der Waals surface area contributed by atoms with Gasteiger partial charge in [0.1, 0.15) is 5.76 Å². The zero-order chi connectivity index (χ0) is 17.8. The number of hydrogen-bond acceptors (Lipinski definition) is 3. The Bertz CT molecular complexity index is 782. The molecular formula is C21H22N2O2. The maximum Gasteiger partial charge on any atom is 0.234 e. The van der Waals surface area contributed by atoms with Crippen molar-refractivity contribution >= 4 is 5.91 Å². The van der Waals surface area contributed by atoms with E-state index in [1.165, 1.54) is 0 Å². The summed E-state index contributed by atoms with van der Waals surface area (Å²) >= 11 is 0. The van der Waals surface area contributed by atoms with Crippen molar-refractivity contribution in [3.8, 4) is 0 Å². The Morgan fingerprint density at radius 3 is 1.96 bits per heavy atom. The lowest BCUT2D eigenvalue weighted by molar-refractivity contribution is -0.131. The minimum atomic E-state index is -0.326. The molecule has 0 N–H and O–H groups in total. The Hall–Kier alpha value is -2.88. The fourth-order valence-corrected chi connectivity index (χ4v) is 3.03. The lowest BCUT2D eigenvalue weighted by Gasteiger charge is -2.24. The summed E-state index contributed by atoms with van der Waals surface area (Å²) in [6, 6.07) is 19.8. The topological polar surface area (TPSA) is 46.3 Å². The van der Waals surface area contributed by atoms with Crippen LogP contribution in [0.5, 0.6) is 0 Å². The molecule has 0 radical (unpaired) electrons. The van der Waals surface area contributed by atoms with Crippen LogP contribution in [0.2, 0.25) is 0 Å². The highest BCUT2D eigenvalue weighted by atomic mass is 16.5. The molecule has 0 atom stereocenters. The Morgan fingerprint density at radius 1 is 1.00 bits per heavy atom. The van der Waals surface area contributed by atoms with Crippen LogP contribution >= 0.6 is 0 Å². The first-order valence-corrected chi connectivity index (χ1v) is 8.34. The highest BCUT2D eigenvalue weighted by Gasteiger charge is 2.26. The first-order chi connectivity index (χ1) is 12.1. The number of benzene rings is 2. The average Bonchev–Trinajstić information content (AvgIpc) is 2.95. The van der Waals surface area contributed by atoms with Gasteiger partial charge in [-0.1, -0.05) is 65.8 Å². The number of carbonyl (C=O) groups is 1. The molecule has 4 heteroatoms. The van der Waals surface area contributed by atoms with Crippen molar-refractivity contribution in [2.24, 2.45) is 0 Å². The van der Waals surface area contributed by atoms with Crippen LogP contribution in [0.4, 0.5) is 0 Å². The van der Waals surface area contributed by atoms with E-state index in [-0.39, 0.29) is 11.8 Å². The Kier molecular flexibility index (Phi) is 4.98. The van der Waals surface area contributed by atoms with Crippen molar-refractivity contribution in [1.29, 1.82) is 0 Å². The smallest absolute Gasteiger partial charge is 0.234 e. The van der Waals surface area contributed by atoms with Crippen molar-refractivity contribution in [2.45, 2.75) is 26.3 Å². The van der Waals surface area contributed by atoms with E-state index < -0.39 is 0 Å². The van der Waals surface area contributed by atoms with Crippen LogP contribution in [0.3, 0.4) is 0 Å². The van der Waals surface area contributed by atoms with Crippen LogP contribution in [0.15, 0.2) is 65.2 Å². The quantitative estimate of drug-likeness (QED) is 0.706. The predicted octanol–water partition coefficient (Wildman–Crippen LogP) is 4.08. The van der Waals surface area contributed by atoms with E-state index in [1.54, 1.807) is 4.90 Å². The zero-order valence-electron chi connectivity index (χ0n) is 14.8. The van der Waals surface area contributed by atoms with Crippen molar-refractivity contribution in [3.63, 3.8) is 0 Å². The summed E-state index contributed by atoms with van der Waals surface area (Å²) in [5.41, 5.74) is 3.78. The lowest BCUT2D eigenvalue weighted by atomic mass is 9.90. The molecule has 25 heavy (non-hydrogen) atoms. The van der Waals surface area contributed by atoms with Crippen LogP contribution < -0.4 is 0 Å². The number of rotatable bonds is 5. The van der Waals surface area contributed by atoms with Gasteiger partial charge in [-0.15, -0.1) is 0 Å². The summed E-state index contributed by atoms with van der Waals surface area (Å²) in [5, 5.41) is 3.98. The van der Waals surface area contributed by atoms with Crippen molar-refractivity contribution in [2.75, 3.05) is 7.05 Å². The van der Waals surface area contributed by atoms with Gasteiger partial charge in [-0.25, -0.2) is 0 Å². The lowest BCUT2D eigenvalue weighted by Crippen LogP contribution is -2.32. The van der Waals surface area contributed by atoms with Crippen LogP contribution in [0.1, 0.15) is 34.1 Å². The molecule has 4 nitrogen and oxygen atoms in total. The Balaban J connectivity index is 1.92. The maximum atomic E-state index is 13.3. The molecule has 2 aromatic carbocycles. The van der Waals surface area contributed by atoms with Gasteiger partial charge in [0.15, 0.2) is 0 Å². The first-order valence-electron chi connectivity index (χ1n) is 8.34. The molecule has 1 amide bonds. The zero-order valence-corrected chi connectivity index (χ0v) is 14.8. The molecule has 128 valence electrons. The number of amides is 1. The first kappa shape index (κ1) is 17.0. The molecule has 0 unspecified atom stereocenters. The molecular weight excluding hydrogens is 312 g/mol. The predicted molar refractivity (Wildman–Crippen MR) is 97.2 cm³/mol. The summed E-state index contributed by atoms with van der Waals surface area (Å²) in [7, 11) is 1.83. The normalized spacial score (nSPS) is 10.9. The molecule has 0 spiro atoms. The standard InChI is InChI=1S/C21H22N2O2/c1-15-19(16(2)25-22-15)14-23(3)21(24)20(17-10-6-4-7-11-17)18-12-8-5-9-13-18/h4-13,20H,14H2,1-3H3. The van der Waals surface area contributed by atoms with Gasteiger partial charge in [0.05, 0.1) is 18.2 Å². The van der Waals surface area contributed by atoms with Gasteiger partial charge < -0.3 is 9.42 Å². The summed E-state index contributed by atoms with van der Waals surface area (Å²) in [4.78, 5) is 15.0. The number of aromatic nitrogens is 1. The monoisotopic (exact) mass is 334 g/mol. The fraction of sp³-hybridized carbons (Fsp3) is 0.238. The second-order valence-corrected chi connectivity index (χ2v) is 6.25. The molecule has 0 saturated heterocycles. The van der Waals surface area contributed by atoms with Crippen LogP contribution in [-0.2, 0) is 11.3 Å². The second-order valence-electron chi connectivity index (χ2n) is 6.25. The largest absolute Gasteiger partial charge is 0.361 e. The minimum absolute atomic E-state index is 0.0531. The molecule has 0 saturated carbocycles. The number of carbonyl (C=O) groups excluding carboxylic acids is 1. The van der Waals surface area contributed by atoms with E-state index in [2.05, 4.69) is 5.16 Å². The highest BCUT2D eigenvalue weighted by molar-refractivity contribution is 5.87. The number of likely N-dealkylation sites (N-methyl/N-ethyl adjacent to an activating group) is 1. The van der Waals surface area contributed by atoms with E-state index >= 15 is 0 Å². The summed E-state index contributed by atoms with van der Waals surface area (Å²) in [5.74, 6) is 0.485. The number of nitrogens with zero attached hydrogens (tertiary/aromatic N) is 2. The fourth-order valence-electron chi connectivity index (χ4n) is 3.03. The average molecular weight is 334 g/mol. The van der Waals surface area contributed by atoms with E-state index in [4.69, 9.17) is 4.52 Å². The van der Waals surface area contributed by atoms with Gasteiger partial charge in [0.25, 0.3) is 0 Å². The van der Waals surface area contributed by atoms with Crippen LogP contribution in [0, 0.1) is 13.8 Å². The molecule has 0 fully saturated rings. The summed E-state index contributed by atoms with van der Waals surface area (Å²) < 4.78 is 5.22. The van der Waals surface area contributed by atoms with Gasteiger partial charge in [-0.05, 0) is 25.0 Å². The molecule has 0 aliphatic heterocycles. The van der Waals surface area contributed by atoms with Crippen LogP contribution in [0.25, 0.3) is 0 Å². The van der Waals surface area contributed by atoms with Gasteiger partial charge in [0, 0.05) is 12.6 Å². The highest BCUT2D eigenvalue weighted by Crippen LogP contribution is 2.27. The van der Waals surface area contributed by atoms with E-state index in [9.17, 15) is 4.79 Å².